The van der Waals surface area contributed by atoms with Gasteiger partial charge >= 0.3 is 0 Å². The van der Waals surface area contributed by atoms with Gasteiger partial charge in [-0.15, -0.1) is 0 Å². The van der Waals surface area contributed by atoms with E-state index >= 15 is 0 Å². The zero-order chi connectivity index (χ0) is 26.9. The van der Waals surface area contributed by atoms with Crippen molar-refractivity contribution in [3.05, 3.63) is 102 Å². The highest BCUT2D eigenvalue weighted by Crippen LogP contribution is 2.26. The zero-order valence-corrected chi connectivity index (χ0v) is 22.4. The van der Waals surface area contributed by atoms with E-state index in [1.54, 1.807) is 9.58 Å². The lowest BCUT2D eigenvalue weighted by molar-refractivity contribution is -0.136. The first-order valence-electron chi connectivity index (χ1n) is 13.4. The summed E-state index contributed by atoms with van der Waals surface area (Å²) >= 11 is 0. The molecule has 0 bridgehead atoms. The molecule has 0 spiro atoms. The molecule has 4 rings (SSSR count). The maximum absolute atomic E-state index is 13.6. The summed E-state index contributed by atoms with van der Waals surface area (Å²) in [5.41, 5.74) is 4.69. The normalized spacial score (nSPS) is 11.7. The molecule has 0 aliphatic carbocycles. The number of benzene rings is 3. The number of nitrogens with zero attached hydrogens (tertiary/aromatic N) is 3. The number of aryl methyl sites for hydroxylation is 1. The Labute approximate surface area is 225 Å². The average Bonchev–Trinajstić information content (AvgIpc) is 3.36. The lowest BCUT2D eigenvalue weighted by Gasteiger charge is -2.27. The summed E-state index contributed by atoms with van der Waals surface area (Å²) in [5, 5.41) is 7.84. The molecule has 196 valence electrons. The smallest absolute Gasteiger partial charge is 0.245 e. The fourth-order valence-corrected chi connectivity index (χ4v) is 4.53. The van der Waals surface area contributed by atoms with Gasteiger partial charge in [0.2, 0.25) is 11.8 Å². The lowest BCUT2D eigenvalue weighted by Crippen LogP contribution is -2.41. The van der Waals surface area contributed by atoms with Crippen molar-refractivity contribution >= 4 is 17.6 Å². The van der Waals surface area contributed by atoms with E-state index in [-0.39, 0.29) is 24.3 Å². The van der Waals surface area contributed by atoms with E-state index < -0.39 is 0 Å². The first kappa shape index (κ1) is 26.9. The number of aromatic nitrogens is 2. The molecule has 38 heavy (non-hydrogen) atoms. The molecule has 0 saturated carbocycles. The Morgan fingerprint density at radius 3 is 2.21 bits per heavy atom. The fourth-order valence-electron chi connectivity index (χ4n) is 4.53. The van der Waals surface area contributed by atoms with Gasteiger partial charge in [0.05, 0.1) is 23.8 Å². The van der Waals surface area contributed by atoms with Crippen molar-refractivity contribution in [2.75, 3.05) is 18.4 Å². The largest absolute Gasteiger partial charge is 0.333 e. The molecule has 2 amide bonds. The molecule has 1 heterocycles. The number of hydrogen-bond acceptors (Lipinski definition) is 3. The molecule has 0 radical (unpaired) electrons. The fraction of sp³-hybridized carbons (Fsp3) is 0.281. The Morgan fingerprint density at radius 1 is 0.921 bits per heavy atom. The predicted molar refractivity (Wildman–Crippen MR) is 153 cm³/mol. The van der Waals surface area contributed by atoms with Crippen LogP contribution in [0.15, 0.2) is 91.0 Å². The molecular weight excluding hydrogens is 472 g/mol. The van der Waals surface area contributed by atoms with Crippen molar-refractivity contribution < 1.29 is 9.59 Å². The number of anilines is 1. The van der Waals surface area contributed by atoms with Crippen LogP contribution in [0.5, 0.6) is 0 Å². The Balaban J connectivity index is 1.59. The van der Waals surface area contributed by atoms with Gasteiger partial charge in [0, 0.05) is 18.2 Å². The van der Waals surface area contributed by atoms with Crippen molar-refractivity contribution in [1.82, 2.24) is 14.7 Å². The molecule has 0 fully saturated rings. The minimum absolute atomic E-state index is 0.0120. The van der Waals surface area contributed by atoms with E-state index in [1.165, 1.54) is 0 Å². The lowest BCUT2D eigenvalue weighted by atomic mass is 9.95. The number of amides is 2. The third-order valence-corrected chi connectivity index (χ3v) is 6.66. The van der Waals surface area contributed by atoms with Crippen LogP contribution in [0.4, 0.5) is 5.82 Å². The Bertz CT molecular complexity index is 1330. The van der Waals surface area contributed by atoms with Crippen LogP contribution in [0, 0.1) is 6.92 Å². The number of carbonyl (C=O) groups is 2. The van der Waals surface area contributed by atoms with Gasteiger partial charge in [0.15, 0.2) is 0 Å². The summed E-state index contributed by atoms with van der Waals surface area (Å²) in [5.74, 6) is 0.0314. The Morgan fingerprint density at radius 2 is 1.58 bits per heavy atom. The van der Waals surface area contributed by atoms with E-state index in [1.807, 2.05) is 105 Å². The van der Waals surface area contributed by atoms with Crippen LogP contribution in [0.1, 0.15) is 50.2 Å². The maximum atomic E-state index is 13.6. The van der Waals surface area contributed by atoms with Crippen molar-refractivity contribution in [2.45, 2.75) is 46.0 Å². The molecule has 1 N–H and O–H groups in total. The van der Waals surface area contributed by atoms with E-state index in [2.05, 4.69) is 12.2 Å². The molecular formula is C32H36N4O2. The SMILES string of the molecule is CCCCN(CC(=O)Nc1cc(-c2ccccc2)nn1-c1ccc(C)cc1)C(=O)C(CC)c1ccccc1. The van der Waals surface area contributed by atoms with E-state index in [4.69, 9.17) is 5.10 Å². The molecule has 0 saturated heterocycles. The summed E-state index contributed by atoms with van der Waals surface area (Å²) in [4.78, 5) is 28.7. The second-order valence-corrected chi connectivity index (χ2v) is 9.56. The summed E-state index contributed by atoms with van der Waals surface area (Å²) in [7, 11) is 0. The second kappa shape index (κ2) is 12.9. The topological polar surface area (TPSA) is 67.2 Å². The Kier molecular flexibility index (Phi) is 9.09. The molecule has 0 aliphatic heterocycles. The summed E-state index contributed by atoms with van der Waals surface area (Å²) < 4.78 is 1.75. The first-order valence-corrected chi connectivity index (χ1v) is 13.4. The number of nitrogens with one attached hydrogen (secondary N) is 1. The molecule has 4 aromatic rings. The minimum atomic E-state index is -0.274. The molecule has 1 unspecified atom stereocenters. The molecule has 6 nitrogen and oxygen atoms in total. The second-order valence-electron chi connectivity index (χ2n) is 9.56. The predicted octanol–water partition coefficient (Wildman–Crippen LogP) is 6.61. The standard InChI is InChI=1S/C32H36N4O2/c1-4-6-21-35(32(38)28(5-2)25-13-9-7-10-14-25)23-31(37)33-30-22-29(26-15-11-8-12-16-26)34-36(30)27-19-17-24(3)18-20-27/h7-20,22,28H,4-6,21,23H2,1-3H3,(H,33,37). The maximum Gasteiger partial charge on any atom is 0.245 e. The van der Waals surface area contributed by atoms with Crippen molar-refractivity contribution in [3.8, 4) is 16.9 Å². The average molecular weight is 509 g/mol. The summed E-state index contributed by atoms with van der Waals surface area (Å²) in [6.45, 7) is 6.66. The van der Waals surface area contributed by atoms with Crippen molar-refractivity contribution in [3.63, 3.8) is 0 Å². The molecule has 6 heteroatoms. The van der Waals surface area contributed by atoms with Crippen LogP contribution in [0.3, 0.4) is 0 Å². The first-order chi connectivity index (χ1) is 18.5. The number of rotatable bonds is 11. The Hall–Kier alpha value is -4.19. The highest BCUT2D eigenvalue weighted by molar-refractivity contribution is 5.95. The number of hydrogen-bond donors (Lipinski definition) is 1. The van der Waals surface area contributed by atoms with Crippen LogP contribution in [0.25, 0.3) is 16.9 Å². The van der Waals surface area contributed by atoms with E-state index in [0.717, 1.165) is 40.9 Å². The van der Waals surface area contributed by atoms with Gasteiger partial charge in [-0.25, -0.2) is 4.68 Å². The third kappa shape index (κ3) is 6.57. The van der Waals surface area contributed by atoms with Gasteiger partial charge in [-0.1, -0.05) is 98.6 Å². The van der Waals surface area contributed by atoms with Gasteiger partial charge in [0.25, 0.3) is 0 Å². The molecule has 1 atom stereocenters. The quantitative estimate of drug-likeness (QED) is 0.248. The van der Waals surface area contributed by atoms with Gasteiger partial charge < -0.3 is 10.2 Å². The molecule has 1 aromatic heterocycles. The number of carbonyl (C=O) groups excluding carboxylic acids is 2. The summed E-state index contributed by atoms with van der Waals surface area (Å²) in [6, 6.07) is 29.6. The van der Waals surface area contributed by atoms with Crippen molar-refractivity contribution in [1.29, 1.82) is 0 Å². The molecule has 0 aliphatic rings. The monoisotopic (exact) mass is 508 g/mol. The van der Waals surface area contributed by atoms with E-state index in [0.29, 0.717) is 18.8 Å². The highest BCUT2D eigenvalue weighted by atomic mass is 16.2. The van der Waals surface area contributed by atoms with Crippen molar-refractivity contribution in [2.24, 2.45) is 0 Å². The number of unbranched alkanes of at least 4 members (excludes halogenated alkanes) is 1. The van der Waals surface area contributed by atoms with Gasteiger partial charge in [-0.05, 0) is 37.5 Å². The van der Waals surface area contributed by atoms with Gasteiger partial charge in [-0.3, -0.25) is 9.59 Å². The van der Waals surface area contributed by atoms with Crippen LogP contribution < -0.4 is 5.32 Å². The van der Waals surface area contributed by atoms with Gasteiger partial charge in [-0.2, -0.15) is 5.10 Å². The van der Waals surface area contributed by atoms with Crippen LogP contribution in [-0.4, -0.2) is 39.6 Å². The zero-order valence-electron chi connectivity index (χ0n) is 22.4. The third-order valence-electron chi connectivity index (χ3n) is 6.66. The van der Waals surface area contributed by atoms with Gasteiger partial charge in [0.1, 0.15) is 5.82 Å². The molecule has 3 aromatic carbocycles. The van der Waals surface area contributed by atoms with Crippen LogP contribution in [0.2, 0.25) is 0 Å². The minimum Gasteiger partial charge on any atom is -0.333 e. The van der Waals surface area contributed by atoms with Crippen LogP contribution >= 0.6 is 0 Å². The van der Waals surface area contributed by atoms with Crippen LogP contribution in [-0.2, 0) is 9.59 Å². The van der Waals surface area contributed by atoms with E-state index in [9.17, 15) is 9.59 Å². The summed E-state index contributed by atoms with van der Waals surface area (Å²) in [6.07, 6.45) is 2.45. The highest BCUT2D eigenvalue weighted by Gasteiger charge is 2.26.